The zero-order valence-corrected chi connectivity index (χ0v) is 24.2. The van der Waals surface area contributed by atoms with Crippen LogP contribution >= 0.6 is 0 Å². The third-order valence-electron chi connectivity index (χ3n) is 7.40. The van der Waals surface area contributed by atoms with Crippen LogP contribution in [0.5, 0.6) is 17.2 Å². The maximum atomic E-state index is 13.7. The van der Waals surface area contributed by atoms with E-state index in [9.17, 15) is 18.0 Å². The van der Waals surface area contributed by atoms with Crippen molar-refractivity contribution < 1.29 is 32.2 Å². The smallest absolute Gasteiger partial charge is 0.243 e. The standard InChI is InChI=1S/C29H39N3O7S/c1-4-25(29(34)30-22-8-5-6-9-22)31(19-21-11-14-24(37-2)15-12-21)28(33)10-7-17-32(40(3,35)36)23-13-16-26-27(18-23)39-20-38-26/h11-16,18,22,25H,4-10,17,19-20H2,1-3H3,(H,30,34)/t25-/m0/s1. The van der Waals surface area contributed by atoms with E-state index in [-0.39, 0.29) is 50.6 Å². The lowest BCUT2D eigenvalue weighted by molar-refractivity contribution is -0.141. The molecule has 1 saturated carbocycles. The van der Waals surface area contributed by atoms with Crippen molar-refractivity contribution in [3.05, 3.63) is 48.0 Å². The second-order valence-electron chi connectivity index (χ2n) is 10.3. The molecular formula is C29H39N3O7S. The predicted octanol–water partition coefficient (Wildman–Crippen LogP) is 3.84. The predicted molar refractivity (Wildman–Crippen MR) is 152 cm³/mol. The van der Waals surface area contributed by atoms with Crippen LogP contribution in [0.25, 0.3) is 0 Å². The Balaban J connectivity index is 1.48. The van der Waals surface area contributed by atoms with Crippen molar-refractivity contribution in [2.24, 2.45) is 0 Å². The van der Waals surface area contributed by atoms with Crippen molar-refractivity contribution >= 4 is 27.5 Å². The molecule has 2 aromatic carbocycles. The summed E-state index contributed by atoms with van der Waals surface area (Å²) in [5.74, 6) is 1.39. The zero-order chi connectivity index (χ0) is 28.7. The Bertz CT molecular complexity index is 1280. The number of ether oxygens (including phenoxy) is 3. The fourth-order valence-corrected chi connectivity index (χ4v) is 6.22. The summed E-state index contributed by atoms with van der Waals surface area (Å²) in [5, 5.41) is 3.14. The van der Waals surface area contributed by atoms with E-state index in [1.165, 1.54) is 4.31 Å². The summed E-state index contributed by atoms with van der Waals surface area (Å²) in [7, 11) is -2.03. The van der Waals surface area contributed by atoms with E-state index in [4.69, 9.17) is 14.2 Å². The van der Waals surface area contributed by atoms with Crippen LogP contribution in [-0.4, -0.2) is 63.9 Å². The van der Waals surface area contributed by atoms with Gasteiger partial charge in [0.05, 0.1) is 19.1 Å². The minimum absolute atomic E-state index is 0.0833. The third kappa shape index (κ3) is 7.38. The number of hydrogen-bond acceptors (Lipinski definition) is 7. The lowest BCUT2D eigenvalue weighted by Gasteiger charge is -2.32. The Morgan fingerprint density at radius 3 is 2.42 bits per heavy atom. The van der Waals surface area contributed by atoms with Crippen LogP contribution in [-0.2, 0) is 26.2 Å². The first-order chi connectivity index (χ1) is 19.2. The first-order valence-electron chi connectivity index (χ1n) is 13.8. The van der Waals surface area contributed by atoms with Crippen molar-refractivity contribution in [1.29, 1.82) is 0 Å². The molecule has 0 spiro atoms. The normalized spacial score (nSPS) is 15.5. The van der Waals surface area contributed by atoms with Gasteiger partial charge in [0.15, 0.2) is 11.5 Å². The van der Waals surface area contributed by atoms with Crippen LogP contribution in [0.2, 0.25) is 0 Å². The number of sulfonamides is 1. The summed E-state index contributed by atoms with van der Waals surface area (Å²) in [4.78, 5) is 28.6. The molecule has 0 unspecified atom stereocenters. The molecule has 2 aliphatic rings. The highest BCUT2D eigenvalue weighted by molar-refractivity contribution is 7.92. The Kier molecular flexibility index (Phi) is 9.78. The van der Waals surface area contributed by atoms with Gasteiger partial charge in [-0.1, -0.05) is 31.9 Å². The number of methoxy groups -OCH3 is 1. The van der Waals surface area contributed by atoms with Gasteiger partial charge in [-0.05, 0) is 55.5 Å². The van der Waals surface area contributed by atoms with Gasteiger partial charge in [0.1, 0.15) is 11.8 Å². The maximum absolute atomic E-state index is 13.7. The number of carbonyl (C=O) groups is 2. The fraction of sp³-hybridized carbons (Fsp3) is 0.517. The lowest BCUT2D eigenvalue weighted by Crippen LogP contribution is -2.51. The molecule has 0 saturated heterocycles. The van der Waals surface area contributed by atoms with Crippen molar-refractivity contribution in [3.63, 3.8) is 0 Å². The molecule has 1 aliphatic carbocycles. The number of benzene rings is 2. The van der Waals surface area contributed by atoms with E-state index in [1.54, 1.807) is 30.2 Å². The largest absolute Gasteiger partial charge is 0.497 e. The van der Waals surface area contributed by atoms with Crippen LogP contribution < -0.4 is 23.8 Å². The quantitative estimate of drug-likeness (QED) is 0.387. The summed E-state index contributed by atoms with van der Waals surface area (Å²) in [6.45, 7) is 2.35. The average Bonchev–Trinajstić information content (AvgIpc) is 3.62. The number of fused-ring (bicyclic) bond motifs is 1. The third-order valence-corrected chi connectivity index (χ3v) is 8.59. The summed E-state index contributed by atoms with van der Waals surface area (Å²) in [6.07, 6.45) is 6.06. The van der Waals surface area contributed by atoms with Gasteiger partial charge in [0.25, 0.3) is 0 Å². The van der Waals surface area contributed by atoms with Gasteiger partial charge < -0.3 is 24.4 Å². The maximum Gasteiger partial charge on any atom is 0.243 e. The molecule has 1 heterocycles. The van der Waals surface area contributed by atoms with Gasteiger partial charge in [-0.25, -0.2) is 8.42 Å². The molecule has 1 aliphatic heterocycles. The summed E-state index contributed by atoms with van der Waals surface area (Å²) in [5.41, 5.74) is 1.32. The topological polar surface area (TPSA) is 114 Å². The molecule has 1 atom stereocenters. The van der Waals surface area contributed by atoms with Gasteiger partial charge in [0.2, 0.25) is 28.6 Å². The van der Waals surface area contributed by atoms with Gasteiger partial charge in [-0.2, -0.15) is 0 Å². The molecule has 4 rings (SSSR count). The first-order valence-corrected chi connectivity index (χ1v) is 15.6. The molecule has 218 valence electrons. The molecule has 1 N–H and O–H groups in total. The molecular weight excluding hydrogens is 534 g/mol. The summed E-state index contributed by atoms with van der Waals surface area (Å²) in [6, 6.07) is 11.9. The van der Waals surface area contributed by atoms with Crippen molar-refractivity contribution in [3.8, 4) is 17.2 Å². The monoisotopic (exact) mass is 573 g/mol. The highest BCUT2D eigenvalue weighted by Crippen LogP contribution is 2.36. The second kappa shape index (κ2) is 13.3. The van der Waals surface area contributed by atoms with Gasteiger partial charge in [-0.15, -0.1) is 0 Å². The van der Waals surface area contributed by atoms with Crippen LogP contribution in [0, 0.1) is 0 Å². The molecule has 40 heavy (non-hydrogen) atoms. The molecule has 11 heteroatoms. The first kappa shape index (κ1) is 29.5. The highest BCUT2D eigenvalue weighted by atomic mass is 32.2. The van der Waals surface area contributed by atoms with E-state index < -0.39 is 16.1 Å². The average molecular weight is 574 g/mol. The number of rotatable bonds is 13. The summed E-state index contributed by atoms with van der Waals surface area (Å²) >= 11 is 0. The number of anilines is 1. The molecule has 1 fully saturated rings. The number of amides is 2. The van der Waals surface area contributed by atoms with Crippen LogP contribution in [0.15, 0.2) is 42.5 Å². The minimum Gasteiger partial charge on any atom is -0.497 e. The Morgan fingerprint density at radius 2 is 1.77 bits per heavy atom. The van der Waals surface area contributed by atoms with Crippen LogP contribution in [0.4, 0.5) is 5.69 Å². The second-order valence-corrected chi connectivity index (χ2v) is 12.2. The van der Waals surface area contributed by atoms with Crippen LogP contribution in [0.1, 0.15) is 57.4 Å². The van der Waals surface area contributed by atoms with Crippen molar-refractivity contribution in [1.82, 2.24) is 10.2 Å². The van der Waals surface area contributed by atoms with Crippen molar-refractivity contribution in [2.75, 3.05) is 31.0 Å². The van der Waals surface area contributed by atoms with E-state index in [0.717, 1.165) is 37.5 Å². The molecule has 2 aromatic rings. The van der Waals surface area contributed by atoms with Crippen LogP contribution in [0.3, 0.4) is 0 Å². The Labute approximate surface area is 236 Å². The number of carbonyl (C=O) groups excluding carboxylic acids is 2. The van der Waals surface area contributed by atoms with E-state index in [0.29, 0.717) is 29.4 Å². The Hall–Kier alpha value is -3.47. The molecule has 0 bridgehead atoms. The Morgan fingerprint density at radius 1 is 1.07 bits per heavy atom. The highest BCUT2D eigenvalue weighted by Gasteiger charge is 2.31. The summed E-state index contributed by atoms with van der Waals surface area (Å²) < 4.78 is 42.5. The molecule has 0 aromatic heterocycles. The van der Waals surface area contributed by atoms with Gasteiger partial charge >= 0.3 is 0 Å². The van der Waals surface area contributed by atoms with E-state index >= 15 is 0 Å². The number of hydrogen-bond donors (Lipinski definition) is 1. The number of nitrogens with one attached hydrogen (secondary N) is 1. The molecule has 2 amide bonds. The number of nitrogens with zero attached hydrogens (tertiary/aromatic N) is 2. The molecule has 10 nitrogen and oxygen atoms in total. The van der Waals surface area contributed by atoms with Gasteiger partial charge in [0, 0.05) is 31.6 Å². The lowest BCUT2D eigenvalue weighted by atomic mass is 10.1. The van der Waals surface area contributed by atoms with E-state index in [2.05, 4.69) is 5.32 Å². The molecule has 0 radical (unpaired) electrons. The SMILES string of the molecule is CC[C@@H](C(=O)NC1CCCC1)N(Cc1ccc(OC)cc1)C(=O)CCCN(c1ccc2c(c1)OCO2)S(C)(=O)=O. The fourth-order valence-electron chi connectivity index (χ4n) is 5.26. The van der Waals surface area contributed by atoms with E-state index in [1.807, 2.05) is 31.2 Å². The zero-order valence-electron chi connectivity index (χ0n) is 23.4. The minimum atomic E-state index is -3.62. The van der Waals surface area contributed by atoms with Crippen molar-refractivity contribution in [2.45, 2.75) is 70.5 Å². The van der Waals surface area contributed by atoms with Gasteiger partial charge in [-0.3, -0.25) is 13.9 Å².